The standard InChI is InChI=1S/C25H19NO6/c1-25(30-17-8-3-2-4-9-17)31-21-13-19-18(23(27)22(21)24(28)32-25)10-5-11-20(19)29-15-16-7-6-12-26-14-16/h2-14,27H,15H2,1H3. The molecule has 1 atom stereocenters. The first-order chi connectivity index (χ1) is 15.5. The molecule has 1 aliphatic heterocycles. The van der Waals surface area contributed by atoms with Crippen molar-refractivity contribution < 1.29 is 28.8 Å². The number of rotatable bonds is 5. The van der Waals surface area contributed by atoms with E-state index in [0.29, 0.717) is 28.9 Å². The molecule has 7 heteroatoms. The van der Waals surface area contributed by atoms with Gasteiger partial charge in [-0.2, -0.15) is 0 Å². The molecule has 0 saturated heterocycles. The second-order valence-corrected chi connectivity index (χ2v) is 7.37. The summed E-state index contributed by atoms with van der Waals surface area (Å²) in [5, 5.41) is 11.9. The zero-order valence-electron chi connectivity index (χ0n) is 17.1. The largest absolute Gasteiger partial charge is 0.506 e. The van der Waals surface area contributed by atoms with Gasteiger partial charge in [0.25, 0.3) is 0 Å². The highest BCUT2D eigenvalue weighted by Gasteiger charge is 2.43. The summed E-state index contributed by atoms with van der Waals surface area (Å²) in [6.07, 6.45) is 3.41. The molecule has 0 saturated carbocycles. The van der Waals surface area contributed by atoms with E-state index in [9.17, 15) is 9.90 Å². The summed E-state index contributed by atoms with van der Waals surface area (Å²) >= 11 is 0. The minimum absolute atomic E-state index is 0.0592. The molecule has 2 heterocycles. The number of fused-ring (bicyclic) bond motifs is 2. The molecule has 160 valence electrons. The number of nitrogens with zero attached hydrogens (tertiary/aromatic N) is 1. The maximum Gasteiger partial charge on any atom is 0.416 e. The lowest BCUT2D eigenvalue weighted by atomic mass is 10.0. The highest BCUT2D eigenvalue weighted by Crippen LogP contribution is 2.44. The van der Waals surface area contributed by atoms with Crippen molar-refractivity contribution in [2.24, 2.45) is 0 Å². The Hall–Kier alpha value is -4.26. The van der Waals surface area contributed by atoms with Gasteiger partial charge in [0.1, 0.15) is 35.2 Å². The topological polar surface area (TPSA) is 87.1 Å². The van der Waals surface area contributed by atoms with Gasteiger partial charge in [0.2, 0.25) is 0 Å². The third-order valence-electron chi connectivity index (χ3n) is 5.02. The number of pyridine rings is 1. The Morgan fingerprint density at radius 1 is 1.00 bits per heavy atom. The number of aromatic nitrogens is 1. The molecule has 1 N–H and O–H groups in total. The Bertz CT molecular complexity index is 1290. The van der Waals surface area contributed by atoms with Gasteiger partial charge in [-0.05, 0) is 30.3 Å². The molecular weight excluding hydrogens is 410 g/mol. The van der Waals surface area contributed by atoms with Crippen LogP contribution in [0, 0.1) is 0 Å². The van der Waals surface area contributed by atoms with Crippen molar-refractivity contribution in [1.29, 1.82) is 0 Å². The number of benzene rings is 3. The summed E-state index contributed by atoms with van der Waals surface area (Å²) in [7, 11) is 0. The Labute approximate surface area is 183 Å². The van der Waals surface area contributed by atoms with Gasteiger partial charge < -0.3 is 24.1 Å². The summed E-state index contributed by atoms with van der Waals surface area (Å²) in [5.41, 5.74) is 0.839. The lowest BCUT2D eigenvalue weighted by Crippen LogP contribution is -2.47. The molecular formula is C25H19NO6. The summed E-state index contributed by atoms with van der Waals surface area (Å²) in [5.74, 6) is -1.55. The van der Waals surface area contributed by atoms with Crippen LogP contribution in [0.15, 0.2) is 79.1 Å². The van der Waals surface area contributed by atoms with Gasteiger partial charge in [-0.15, -0.1) is 0 Å². The zero-order valence-corrected chi connectivity index (χ0v) is 17.1. The van der Waals surface area contributed by atoms with E-state index in [4.69, 9.17) is 18.9 Å². The summed E-state index contributed by atoms with van der Waals surface area (Å²) in [4.78, 5) is 16.9. The number of phenols is 1. The number of carbonyl (C=O) groups excluding carboxylic acids is 1. The minimum atomic E-state index is -1.70. The van der Waals surface area contributed by atoms with E-state index in [1.165, 1.54) is 6.92 Å². The first kappa shape index (κ1) is 19.7. The molecule has 1 unspecified atom stereocenters. The van der Waals surface area contributed by atoms with Gasteiger partial charge in [0, 0.05) is 28.7 Å². The molecule has 1 aromatic heterocycles. The van der Waals surface area contributed by atoms with E-state index >= 15 is 0 Å². The Morgan fingerprint density at radius 2 is 1.84 bits per heavy atom. The van der Waals surface area contributed by atoms with E-state index in [-0.39, 0.29) is 17.1 Å². The van der Waals surface area contributed by atoms with E-state index < -0.39 is 11.9 Å². The van der Waals surface area contributed by atoms with Crippen molar-refractivity contribution >= 4 is 16.7 Å². The van der Waals surface area contributed by atoms with E-state index in [1.807, 2.05) is 18.2 Å². The average molecular weight is 429 g/mol. The van der Waals surface area contributed by atoms with Crippen molar-refractivity contribution in [2.45, 2.75) is 19.5 Å². The van der Waals surface area contributed by atoms with Crippen LogP contribution in [-0.2, 0) is 11.3 Å². The fourth-order valence-corrected chi connectivity index (χ4v) is 3.59. The second-order valence-electron chi connectivity index (χ2n) is 7.37. The minimum Gasteiger partial charge on any atom is -0.506 e. The number of hydrogen-bond donors (Lipinski definition) is 1. The number of para-hydroxylation sites is 1. The fraction of sp³-hybridized carbons (Fsp3) is 0.120. The number of phenolic OH excluding ortho intramolecular Hbond substituents is 1. The molecule has 0 bridgehead atoms. The number of esters is 1. The molecule has 7 nitrogen and oxygen atoms in total. The molecule has 4 aromatic rings. The van der Waals surface area contributed by atoms with Crippen LogP contribution in [-0.4, -0.2) is 22.0 Å². The van der Waals surface area contributed by atoms with Crippen LogP contribution >= 0.6 is 0 Å². The van der Waals surface area contributed by atoms with Crippen molar-refractivity contribution in [3.05, 3.63) is 90.3 Å². The van der Waals surface area contributed by atoms with Gasteiger partial charge in [-0.1, -0.05) is 36.4 Å². The monoisotopic (exact) mass is 429 g/mol. The quantitative estimate of drug-likeness (QED) is 0.455. The van der Waals surface area contributed by atoms with Crippen molar-refractivity contribution in [2.75, 3.05) is 0 Å². The maximum absolute atomic E-state index is 12.8. The van der Waals surface area contributed by atoms with Gasteiger partial charge in [-0.3, -0.25) is 4.98 Å². The fourth-order valence-electron chi connectivity index (χ4n) is 3.59. The number of aromatic hydroxyl groups is 1. The summed E-state index contributed by atoms with van der Waals surface area (Å²) in [6.45, 7) is 1.79. The lowest BCUT2D eigenvalue weighted by Gasteiger charge is -2.34. The maximum atomic E-state index is 12.8. The van der Waals surface area contributed by atoms with Gasteiger partial charge in [0.15, 0.2) is 0 Å². The number of cyclic esters (lactones) is 1. The van der Waals surface area contributed by atoms with Crippen LogP contribution in [0.1, 0.15) is 22.8 Å². The van der Waals surface area contributed by atoms with Crippen LogP contribution in [0.4, 0.5) is 0 Å². The van der Waals surface area contributed by atoms with Crippen molar-refractivity contribution in [1.82, 2.24) is 4.98 Å². The van der Waals surface area contributed by atoms with Crippen LogP contribution in [0.25, 0.3) is 10.8 Å². The van der Waals surface area contributed by atoms with Crippen molar-refractivity contribution in [3.63, 3.8) is 0 Å². The molecule has 0 fully saturated rings. The highest BCUT2D eigenvalue weighted by atomic mass is 16.9. The van der Waals surface area contributed by atoms with E-state index in [1.54, 1.807) is 60.9 Å². The molecule has 0 aliphatic carbocycles. The predicted octanol–water partition coefficient (Wildman–Crippen LogP) is 4.82. The molecule has 0 spiro atoms. The molecule has 0 radical (unpaired) electrons. The molecule has 0 amide bonds. The van der Waals surface area contributed by atoms with Crippen LogP contribution < -0.4 is 14.2 Å². The SMILES string of the molecule is CC1(Oc2ccccc2)OC(=O)c2c(cc3c(OCc4cccnc4)cccc3c2O)O1. The third kappa shape index (κ3) is 3.65. The second kappa shape index (κ2) is 7.77. The summed E-state index contributed by atoms with van der Waals surface area (Å²) in [6, 6.07) is 19.5. The lowest BCUT2D eigenvalue weighted by molar-refractivity contribution is -0.263. The number of hydrogen-bond acceptors (Lipinski definition) is 7. The molecule has 32 heavy (non-hydrogen) atoms. The Morgan fingerprint density at radius 3 is 2.62 bits per heavy atom. The Kier molecular flexibility index (Phi) is 4.78. The highest BCUT2D eigenvalue weighted by molar-refractivity contribution is 6.06. The number of carbonyl (C=O) groups is 1. The van der Waals surface area contributed by atoms with Crippen LogP contribution in [0.5, 0.6) is 23.0 Å². The van der Waals surface area contributed by atoms with Gasteiger partial charge >= 0.3 is 11.9 Å². The third-order valence-corrected chi connectivity index (χ3v) is 5.02. The van der Waals surface area contributed by atoms with Crippen LogP contribution in [0.3, 0.4) is 0 Å². The van der Waals surface area contributed by atoms with E-state index in [2.05, 4.69) is 4.98 Å². The first-order valence-electron chi connectivity index (χ1n) is 9.99. The first-order valence-corrected chi connectivity index (χ1v) is 9.99. The van der Waals surface area contributed by atoms with E-state index in [0.717, 1.165) is 5.56 Å². The molecule has 3 aromatic carbocycles. The van der Waals surface area contributed by atoms with Gasteiger partial charge in [-0.25, -0.2) is 4.79 Å². The predicted molar refractivity (Wildman–Crippen MR) is 116 cm³/mol. The van der Waals surface area contributed by atoms with Gasteiger partial charge in [0.05, 0.1) is 6.92 Å². The van der Waals surface area contributed by atoms with Crippen LogP contribution in [0.2, 0.25) is 0 Å². The summed E-state index contributed by atoms with van der Waals surface area (Å²) < 4.78 is 23.0. The Balaban J connectivity index is 1.52. The molecule has 1 aliphatic rings. The molecule has 5 rings (SSSR count). The number of ether oxygens (including phenoxy) is 4. The normalized spacial score (nSPS) is 17.2. The zero-order chi connectivity index (χ0) is 22.1. The average Bonchev–Trinajstić information content (AvgIpc) is 2.78. The van der Waals surface area contributed by atoms with Crippen molar-refractivity contribution in [3.8, 4) is 23.0 Å². The smallest absolute Gasteiger partial charge is 0.416 e.